The number of carbonyl (C=O) groups excluding carboxylic acids is 1. The number of halogens is 1. The minimum atomic E-state index is -0.300. The predicted octanol–water partition coefficient (Wildman–Crippen LogP) is 5.30. The molecule has 0 bridgehead atoms. The maximum Gasteiger partial charge on any atom is 0.270 e. The first kappa shape index (κ1) is 19.4. The van der Waals surface area contributed by atoms with E-state index < -0.39 is 0 Å². The summed E-state index contributed by atoms with van der Waals surface area (Å²) >= 11 is 3.51. The first-order valence-corrected chi connectivity index (χ1v) is 10.4. The largest absolute Gasteiger partial charge is 0.464 e. The average molecular weight is 480 g/mol. The lowest BCUT2D eigenvalue weighted by Gasteiger charge is -2.11. The van der Waals surface area contributed by atoms with Gasteiger partial charge >= 0.3 is 0 Å². The highest BCUT2D eigenvalue weighted by Crippen LogP contribution is 2.32. The lowest BCUT2D eigenvalue weighted by molar-refractivity contribution is 0.0946. The molecule has 2 N–H and O–H groups in total. The van der Waals surface area contributed by atoms with Crippen molar-refractivity contribution in [2.75, 3.05) is 12.1 Å². The topological polar surface area (TPSA) is 85.6 Å². The van der Waals surface area contributed by atoms with Gasteiger partial charge in [0.2, 0.25) is 6.79 Å². The number of hydrogen-bond donors (Lipinski definition) is 2. The molecule has 1 aliphatic rings. The van der Waals surface area contributed by atoms with Gasteiger partial charge in [-0.25, -0.2) is 4.98 Å². The summed E-state index contributed by atoms with van der Waals surface area (Å²) in [4.78, 5) is 17.4. The van der Waals surface area contributed by atoms with Gasteiger partial charge in [-0.2, -0.15) is 0 Å². The number of nitrogens with one attached hydrogen (secondary N) is 2. The highest BCUT2D eigenvalue weighted by Gasteiger charge is 2.16. The Morgan fingerprint density at radius 1 is 1.10 bits per heavy atom. The second-order valence-electron chi connectivity index (χ2n) is 7.15. The summed E-state index contributed by atoms with van der Waals surface area (Å²) in [7, 11) is 0. The summed E-state index contributed by atoms with van der Waals surface area (Å²) in [5.74, 6) is 1.64. The fourth-order valence-corrected chi connectivity index (χ4v) is 3.61. The number of fused-ring (bicyclic) bond motifs is 2. The van der Waals surface area contributed by atoms with Crippen molar-refractivity contribution in [1.82, 2.24) is 10.3 Å². The molecule has 0 spiro atoms. The zero-order valence-electron chi connectivity index (χ0n) is 16.6. The molecule has 1 amide bonds. The Morgan fingerprint density at radius 3 is 2.84 bits per heavy atom. The van der Waals surface area contributed by atoms with E-state index in [-0.39, 0.29) is 18.4 Å². The van der Waals surface area contributed by atoms with Crippen LogP contribution >= 0.6 is 15.9 Å². The van der Waals surface area contributed by atoms with Crippen molar-refractivity contribution in [3.8, 4) is 11.5 Å². The van der Waals surface area contributed by atoms with Crippen LogP contribution < -0.4 is 20.1 Å². The maximum absolute atomic E-state index is 12.8. The summed E-state index contributed by atoms with van der Waals surface area (Å²) in [5.41, 5.74) is 3.71. The third kappa shape index (κ3) is 3.94. The van der Waals surface area contributed by atoms with E-state index in [1.807, 2.05) is 49.4 Å². The van der Waals surface area contributed by atoms with E-state index in [2.05, 4.69) is 31.5 Å². The molecule has 8 heteroatoms. The van der Waals surface area contributed by atoms with Crippen LogP contribution in [0.5, 0.6) is 11.5 Å². The number of nitrogens with zero attached hydrogens (tertiary/aromatic N) is 1. The van der Waals surface area contributed by atoms with Gasteiger partial charge in [-0.05, 0) is 54.4 Å². The van der Waals surface area contributed by atoms with E-state index >= 15 is 0 Å². The fourth-order valence-electron chi connectivity index (χ4n) is 3.36. The van der Waals surface area contributed by atoms with Gasteiger partial charge in [0.05, 0.1) is 11.6 Å². The highest BCUT2D eigenvalue weighted by atomic mass is 79.9. The summed E-state index contributed by atoms with van der Waals surface area (Å²) < 4.78 is 17.3. The summed E-state index contributed by atoms with van der Waals surface area (Å²) in [5, 5.41) is 6.99. The van der Waals surface area contributed by atoms with Crippen molar-refractivity contribution in [1.29, 1.82) is 0 Å². The Bertz CT molecular complexity index is 1300. The van der Waals surface area contributed by atoms with Crippen LogP contribution in [0.4, 0.5) is 11.5 Å². The summed E-state index contributed by atoms with van der Waals surface area (Å²) in [6.45, 7) is 2.56. The Morgan fingerprint density at radius 2 is 1.97 bits per heavy atom. The van der Waals surface area contributed by atoms with Crippen molar-refractivity contribution in [2.24, 2.45) is 0 Å². The number of hydrogen-bond acceptors (Lipinski definition) is 6. The molecule has 0 aliphatic carbocycles. The van der Waals surface area contributed by atoms with Gasteiger partial charge in [0.15, 0.2) is 11.5 Å². The van der Waals surface area contributed by atoms with Crippen molar-refractivity contribution in [2.45, 2.75) is 13.5 Å². The molecule has 0 saturated heterocycles. The number of amides is 1. The van der Waals surface area contributed by atoms with Crippen molar-refractivity contribution in [3.63, 3.8) is 0 Å². The van der Waals surface area contributed by atoms with E-state index in [0.29, 0.717) is 29.4 Å². The fraction of sp³-hybridized carbons (Fsp3) is 0.130. The van der Waals surface area contributed by atoms with E-state index in [1.165, 1.54) is 0 Å². The highest BCUT2D eigenvalue weighted by molar-refractivity contribution is 9.10. The number of furan rings is 1. The molecular weight excluding hydrogens is 462 g/mol. The number of rotatable bonds is 5. The lowest BCUT2D eigenvalue weighted by Crippen LogP contribution is -2.24. The predicted molar refractivity (Wildman–Crippen MR) is 120 cm³/mol. The molecule has 0 unspecified atom stereocenters. The smallest absolute Gasteiger partial charge is 0.270 e. The van der Waals surface area contributed by atoms with Gasteiger partial charge in [0, 0.05) is 22.8 Å². The van der Waals surface area contributed by atoms with Crippen LogP contribution in [0.2, 0.25) is 0 Å². The Hall–Kier alpha value is -3.52. The Balaban J connectivity index is 1.38. The van der Waals surface area contributed by atoms with Gasteiger partial charge in [-0.1, -0.05) is 22.0 Å². The van der Waals surface area contributed by atoms with E-state index in [4.69, 9.17) is 13.9 Å². The monoisotopic (exact) mass is 479 g/mol. The quantitative estimate of drug-likeness (QED) is 0.403. The van der Waals surface area contributed by atoms with E-state index in [9.17, 15) is 4.79 Å². The van der Waals surface area contributed by atoms with Crippen LogP contribution in [0.25, 0.3) is 11.0 Å². The number of aromatic nitrogens is 1. The van der Waals surface area contributed by atoms with Crippen molar-refractivity contribution in [3.05, 3.63) is 76.1 Å². The first-order valence-electron chi connectivity index (χ1n) is 9.65. The van der Waals surface area contributed by atoms with Crippen LogP contribution in [0.1, 0.15) is 21.6 Å². The zero-order valence-corrected chi connectivity index (χ0v) is 18.2. The van der Waals surface area contributed by atoms with Gasteiger partial charge in [-0.3, -0.25) is 4.79 Å². The third-order valence-corrected chi connectivity index (χ3v) is 5.88. The number of carbonyl (C=O) groups is 1. The van der Waals surface area contributed by atoms with Crippen LogP contribution in [0.3, 0.4) is 0 Å². The van der Waals surface area contributed by atoms with E-state index in [1.54, 1.807) is 12.3 Å². The van der Waals surface area contributed by atoms with E-state index in [0.717, 1.165) is 26.7 Å². The standard InChI is InChI=1S/C23H18BrN3O4/c1-13-8-15(3-4-17(13)24)26-22-16-6-7-29-20(16)10-18(27-22)23(28)25-11-14-2-5-19-21(9-14)31-12-30-19/h2-10H,11-12H2,1H3,(H,25,28)(H,26,27). The molecule has 0 radical (unpaired) electrons. The average Bonchev–Trinajstić information content (AvgIpc) is 3.43. The number of ether oxygens (including phenoxy) is 2. The molecule has 0 atom stereocenters. The molecule has 4 aromatic rings. The van der Waals surface area contributed by atoms with Crippen LogP contribution in [0, 0.1) is 6.92 Å². The molecule has 156 valence electrons. The maximum atomic E-state index is 12.8. The normalized spacial score (nSPS) is 12.2. The number of anilines is 2. The van der Waals surface area contributed by atoms with Gasteiger partial charge in [0.25, 0.3) is 5.91 Å². The molecule has 2 aromatic heterocycles. The van der Waals surface area contributed by atoms with Gasteiger partial charge < -0.3 is 24.5 Å². The lowest BCUT2D eigenvalue weighted by atomic mass is 10.2. The number of pyridine rings is 1. The Labute approximate surface area is 186 Å². The minimum Gasteiger partial charge on any atom is -0.464 e. The minimum absolute atomic E-state index is 0.214. The van der Waals surface area contributed by atoms with Crippen LogP contribution in [0.15, 0.2) is 63.7 Å². The molecule has 0 fully saturated rings. The number of aryl methyl sites for hydroxylation is 1. The molecule has 7 nitrogen and oxygen atoms in total. The van der Waals surface area contributed by atoms with Crippen LogP contribution in [-0.4, -0.2) is 17.7 Å². The summed E-state index contributed by atoms with van der Waals surface area (Å²) in [6.07, 6.45) is 1.58. The number of benzene rings is 2. The van der Waals surface area contributed by atoms with Crippen molar-refractivity contribution < 1.29 is 18.7 Å². The molecule has 31 heavy (non-hydrogen) atoms. The zero-order chi connectivity index (χ0) is 21.4. The SMILES string of the molecule is Cc1cc(Nc2nc(C(=O)NCc3ccc4c(c3)OCO4)cc3occc23)ccc1Br. The second kappa shape index (κ2) is 7.96. The summed E-state index contributed by atoms with van der Waals surface area (Å²) in [6, 6.07) is 15.0. The Kier molecular flexibility index (Phi) is 4.99. The molecule has 1 aliphatic heterocycles. The second-order valence-corrected chi connectivity index (χ2v) is 8.00. The molecule has 0 saturated carbocycles. The van der Waals surface area contributed by atoms with Gasteiger partial charge in [0.1, 0.15) is 17.1 Å². The third-order valence-electron chi connectivity index (χ3n) is 4.99. The molecule has 2 aromatic carbocycles. The van der Waals surface area contributed by atoms with Crippen molar-refractivity contribution >= 4 is 44.3 Å². The van der Waals surface area contributed by atoms with Gasteiger partial charge in [-0.15, -0.1) is 0 Å². The molecule has 3 heterocycles. The first-order chi connectivity index (χ1) is 15.1. The van der Waals surface area contributed by atoms with Crippen LogP contribution in [-0.2, 0) is 6.54 Å². The molecule has 5 rings (SSSR count). The molecular formula is C23H18BrN3O4.